The molecule has 14 nitrogen and oxygen atoms in total. The minimum atomic E-state index is -0.938. The summed E-state index contributed by atoms with van der Waals surface area (Å²) < 4.78 is 75.5. The van der Waals surface area contributed by atoms with Gasteiger partial charge >= 0.3 is 5.97 Å². The van der Waals surface area contributed by atoms with Crippen molar-refractivity contribution in [3.8, 4) is 0 Å². The highest BCUT2D eigenvalue weighted by Crippen LogP contribution is 2.55. The number of halogens is 1. The minimum Gasteiger partial charge on any atom is -0.456 e. The SMILES string of the molecule is CC1=CC(=O)O[C@H]2C[C@H]3O[C@H]4C[C@@H](C)[C@H]5O[C@H]6C[C@H]7O[C@@]8(C)C/C=C\[C@H]9O[C@H]%10C[C@H]%11OC(CC(=O)CCl)C[C@H](O)[C@]%11(C)OC%10CC9O[C@@H]8C[C@]7(C)O[C@]6(C)CCC5OC4C[C@]3(C)OC12. The maximum atomic E-state index is 12.3. The Balaban J connectivity index is 0.776. The van der Waals surface area contributed by atoms with Crippen LogP contribution in [0, 0.1) is 5.92 Å². The largest absolute Gasteiger partial charge is 0.456 e. The molecule has 11 aliphatic rings. The summed E-state index contributed by atoms with van der Waals surface area (Å²) in [6, 6.07) is 0. The highest BCUT2D eigenvalue weighted by Gasteiger charge is 2.64. The molecule has 0 radical (unpaired) electrons. The molecule has 9 saturated heterocycles. The van der Waals surface area contributed by atoms with Gasteiger partial charge in [-0.1, -0.05) is 19.1 Å². The van der Waals surface area contributed by atoms with Crippen molar-refractivity contribution in [1.82, 2.24) is 0 Å². The molecule has 0 aromatic rings. The van der Waals surface area contributed by atoms with Crippen LogP contribution in [0.1, 0.15) is 126 Å². The molecule has 23 atom stereocenters. The second-order valence-electron chi connectivity index (χ2n) is 22.6. The Morgan fingerprint density at radius 2 is 1.48 bits per heavy atom. The van der Waals surface area contributed by atoms with E-state index in [2.05, 4.69) is 46.8 Å². The molecule has 0 aromatic carbocycles. The Labute approximate surface area is 381 Å². The summed E-state index contributed by atoms with van der Waals surface area (Å²) in [7, 11) is 0. The topological polar surface area (TPSA) is 156 Å². The van der Waals surface area contributed by atoms with Gasteiger partial charge in [-0.3, -0.25) is 4.79 Å². The first-order valence-electron chi connectivity index (χ1n) is 24.3. The summed E-state index contributed by atoms with van der Waals surface area (Å²) in [5.41, 5.74) is -2.46. The monoisotopic (exact) mass is 916 g/mol. The average Bonchev–Trinajstić information content (AvgIpc) is 3.43. The molecule has 11 heterocycles. The molecule has 0 amide bonds. The Kier molecular flexibility index (Phi) is 11.2. The van der Waals surface area contributed by atoms with Gasteiger partial charge in [0, 0.05) is 57.4 Å². The molecular formula is C49H69ClO14. The third-order valence-corrected chi connectivity index (χ3v) is 18.0. The third-order valence-electron chi connectivity index (χ3n) is 17.7. The summed E-state index contributed by atoms with van der Waals surface area (Å²) in [5, 5.41) is 11.4. The zero-order chi connectivity index (χ0) is 44.7. The predicted molar refractivity (Wildman–Crippen MR) is 229 cm³/mol. The number of aliphatic hydroxyl groups is 1. The van der Waals surface area contributed by atoms with Gasteiger partial charge < -0.3 is 57.2 Å². The van der Waals surface area contributed by atoms with Crippen molar-refractivity contribution < 1.29 is 66.8 Å². The lowest BCUT2D eigenvalue weighted by Gasteiger charge is -2.60. The number of carbonyl (C=O) groups is 2. The van der Waals surface area contributed by atoms with E-state index in [9.17, 15) is 14.7 Å². The van der Waals surface area contributed by atoms with Crippen molar-refractivity contribution in [2.75, 3.05) is 5.88 Å². The number of ether oxygens (including phenoxy) is 11. The van der Waals surface area contributed by atoms with E-state index in [0.717, 1.165) is 24.8 Å². The molecule has 356 valence electrons. The zero-order valence-corrected chi connectivity index (χ0v) is 39.2. The molecule has 1 N–H and O–H groups in total. The Morgan fingerprint density at radius 3 is 2.30 bits per heavy atom. The number of rotatable bonds is 3. The molecule has 64 heavy (non-hydrogen) atoms. The molecule has 6 unspecified atom stereocenters. The second-order valence-corrected chi connectivity index (χ2v) is 22.8. The van der Waals surface area contributed by atoms with E-state index < -0.39 is 46.3 Å². The van der Waals surface area contributed by atoms with Crippen molar-refractivity contribution in [3.63, 3.8) is 0 Å². The van der Waals surface area contributed by atoms with Crippen molar-refractivity contribution in [2.24, 2.45) is 5.92 Å². The number of alkyl halides is 1. The Hall–Kier alpha value is -1.53. The van der Waals surface area contributed by atoms with E-state index in [0.29, 0.717) is 51.4 Å². The van der Waals surface area contributed by atoms with E-state index in [1.807, 2.05) is 13.8 Å². The summed E-state index contributed by atoms with van der Waals surface area (Å²) in [6.45, 7) is 14.8. The second kappa shape index (κ2) is 16.0. The van der Waals surface area contributed by atoms with Crippen molar-refractivity contribution in [3.05, 3.63) is 23.8 Å². The van der Waals surface area contributed by atoms with Gasteiger partial charge in [0.25, 0.3) is 0 Å². The lowest BCUT2D eigenvalue weighted by atomic mass is 9.72. The van der Waals surface area contributed by atoms with E-state index in [4.69, 9.17) is 63.7 Å². The first-order valence-corrected chi connectivity index (χ1v) is 24.9. The number of fused-ring (bicyclic) bond motifs is 10. The summed E-state index contributed by atoms with van der Waals surface area (Å²) in [4.78, 5) is 24.4. The van der Waals surface area contributed by atoms with Gasteiger partial charge in [0.2, 0.25) is 0 Å². The lowest BCUT2D eigenvalue weighted by molar-refractivity contribution is -0.356. The number of hydrogen-bond acceptors (Lipinski definition) is 14. The number of Topliss-reactive ketones (excluding diaryl/α,β-unsaturated/α-hetero) is 1. The first-order chi connectivity index (χ1) is 30.4. The van der Waals surface area contributed by atoms with Crippen molar-refractivity contribution >= 4 is 23.4 Å². The van der Waals surface area contributed by atoms with Crippen molar-refractivity contribution in [1.29, 1.82) is 0 Å². The van der Waals surface area contributed by atoms with Crippen LogP contribution in [0.2, 0.25) is 0 Å². The van der Waals surface area contributed by atoms with Crippen LogP contribution in [0.3, 0.4) is 0 Å². The fourth-order valence-corrected chi connectivity index (χ4v) is 14.1. The molecule has 11 aliphatic heterocycles. The van der Waals surface area contributed by atoms with Gasteiger partial charge in [-0.2, -0.15) is 0 Å². The van der Waals surface area contributed by atoms with Gasteiger partial charge in [-0.25, -0.2) is 4.79 Å². The third kappa shape index (κ3) is 7.54. The number of ketones is 1. The Bertz CT molecular complexity index is 1910. The molecule has 0 saturated carbocycles. The number of aliphatic hydroxyl groups excluding tert-OH is 1. The van der Waals surface area contributed by atoms with Crippen LogP contribution in [-0.2, 0) is 61.7 Å². The molecular weight excluding hydrogens is 848 g/mol. The van der Waals surface area contributed by atoms with E-state index >= 15 is 0 Å². The first kappa shape index (κ1) is 44.9. The zero-order valence-electron chi connectivity index (χ0n) is 38.4. The van der Waals surface area contributed by atoms with Gasteiger partial charge in [-0.15, -0.1) is 11.6 Å². The molecule has 11 rings (SSSR count). The van der Waals surface area contributed by atoms with Gasteiger partial charge in [-0.05, 0) is 78.7 Å². The van der Waals surface area contributed by atoms with E-state index in [1.165, 1.54) is 0 Å². The van der Waals surface area contributed by atoms with Crippen LogP contribution in [0.5, 0.6) is 0 Å². The summed E-state index contributed by atoms with van der Waals surface area (Å²) in [5.74, 6) is -0.321. The van der Waals surface area contributed by atoms with Gasteiger partial charge in [0.1, 0.15) is 29.7 Å². The quantitative estimate of drug-likeness (QED) is 0.215. The maximum absolute atomic E-state index is 12.3. The van der Waals surface area contributed by atoms with E-state index in [-0.39, 0.29) is 115 Å². The average molecular weight is 918 g/mol. The number of esters is 1. The van der Waals surface area contributed by atoms with Crippen LogP contribution in [-0.4, -0.2) is 155 Å². The standard InChI is InChI=1S/C49H69ClO14/c1-24-13-30-35(21-47(5)37(57-30)19-34-44(63-47)25(2)14-42(53)59-34)56-29-10-12-46(4)38(60-43(24)29)20-39-48(6,64-46)22-41-45(3,62-39)11-8-9-28-31(58-41)17-33-32(55-28)18-40-49(7,61-33)36(52)16-27(54-40)15-26(51)23-50/h8-9,14,24,27-41,43-44,52H,10-13,15-23H2,1-7H3/b9-8-/t24-,27?,28-,29?,30+,31?,32+,33?,34+,35?,36+,37-,38+,39-,40-,41-,43-,44?,45+,46-,47+,48+,49+/m1/s1. The van der Waals surface area contributed by atoms with Crippen LogP contribution in [0.25, 0.3) is 0 Å². The smallest absolute Gasteiger partial charge is 0.331 e. The number of carbonyl (C=O) groups excluding carboxylic acids is 2. The van der Waals surface area contributed by atoms with Crippen LogP contribution in [0.15, 0.2) is 23.8 Å². The molecule has 0 aromatic heterocycles. The fourth-order valence-electron chi connectivity index (χ4n) is 14.0. The molecule has 0 aliphatic carbocycles. The van der Waals surface area contributed by atoms with Gasteiger partial charge in [0.15, 0.2) is 0 Å². The number of hydrogen-bond donors (Lipinski definition) is 1. The normalized spacial score (nSPS) is 57.0. The Morgan fingerprint density at radius 1 is 0.719 bits per heavy atom. The molecule has 15 heteroatoms. The fraction of sp³-hybridized carbons (Fsp3) is 0.878. The van der Waals surface area contributed by atoms with Crippen LogP contribution < -0.4 is 0 Å². The molecule has 9 fully saturated rings. The summed E-state index contributed by atoms with van der Waals surface area (Å²) >= 11 is 5.80. The highest BCUT2D eigenvalue weighted by molar-refractivity contribution is 6.27. The van der Waals surface area contributed by atoms with E-state index in [1.54, 1.807) is 6.08 Å². The predicted octanol–water partition coefficient (Wildman–Crippen LogP) is 5.52. The minimum absolute atomic E-state index is 0.0731. The maximum Gasteiger partial charge on any atom is 0.331 e. The lowest BCUT2D eigenvalue weighted by Crippen LogP contribution is -2.70. The van der Waals surface area contributed by atoms with Gasteiger partial charge in [0.05, 0.1) is 114 Å². The molecule has 0 bridgehead atoms. The summed E-state index contributed by atoms with van der Waals surface area (Å²) in [6.07, 6.45) is 8.22. The molecule has 0 spiro atoms. The van der Waals surface area contributed by atoms with Crippen LogP contribution >= 0.6 is 11.6 Å². The van der Waals surface area contributed by atoms with Crippen LogP contribution in [0.4, 0.5) is 0 Å². The highest BCUT2D eigenvalue weighted by atomic mass is 35.5. The van der Waals surface area contributed by atoms with Crippen molar-refractivity contribution in [2.45, 2.75) is 257 Å².